The first-order chi connectivity index (χ1) is 16.1. The van der Waals surface area contributed by atoms with Crippen LogP contribution in [0.4, 0.5) is 21.0 Å². The zero-order valence-electron chi connectivity index (χ0n) is 16.8. The van der Waals surface area contributed by atoms with Gasteiger partial charge in [-0.15, -0.1) is 0 Å². The number of sulfonamides is 2. The van der Waals surface area contributed by atoms with Gasteiger partial charge in [-0.2, -0.15) is 0 Å². The summed E-state index contributed by atoms with van der Waals surface area (Å²) in [6.07, 6.45) is -1.82. The normalized spacial score (nSPS) is 10.7. The number of amides is 2. The monoisotopic (exact) mass is 510 g/mol. The van der Waals surface area contributed by atoms with E-state index < -0.39 is 32.2 Å². The highest BCUT2D eigenvalue weighted by Gasteiger charge is 2.13. The van der Waals surface area contributed by atoms with Crippen LogP contribution in [0, 0.1) is 0 Å². The third kappa shape index (κ3) is 7.57. The van der Waals surface area contributed by atoms with E-state index in [1.54, 1.807) is 0 Å². The minimum absolute atomic E-state index is 0.189. The summed E-state index contributed by atoms with van der Waals surface area (Å²) in [6, 6.07) is 9.44. The summed E-state index contributed by atoms with van der Waals surface area (Å²) in [5.74, 6) is 0. The van der Waals surface area contributed by atoms with Gasteiger partial charge in [0.05, 0.1) is 9.79 Å². The number of nitrogens with one attached hydrogen (secondary N) is 2. The third-order valence-corrected chi connectivity index (χ3v) is 5.95. The van der Waals surface area contributed by atoms with E-state index in [4.69, 9.17) is 20.5 Å². The summed E-state index contributed by atoms with van der Waals surface area (Å²) in [7, 11) is -8.30. The average Bonchev–Trinajstić information content (AvgIpc) is 2.77. The van der Waals surface area contributed by atoms with Crippen molar-refractivity contribution in [3.8, 4) is 0 Å². The van der Waals surface area contributed by atoms with Gasteiger partial charge in [0, 0.05) is 30.2 Å². The fourth-order valence-electron chi connectivity index (χ4n) is 2.19. The molecule has 0 atom stereocenters. The van der Waals surface area contributed by atoms with Crippen LogP contribution in [0.25, 0.3) is 20.9 Å². The van der Waals surface area contributed by atoms with Gasteiger partial charge in [0.1, 0.15) is 13.2 Å². The first-order valence-corrected chi connectivity index (χ1v) is 11.7. The Kier molecular flexibility index (Phi) is 8.63. The fraction of sp³-hybridized carbons (Fsp3) is 0.125. The quantitative estimate of drug-likeness (QED) is 0.218. The molecule has 0 unspecified atom stereocenters. The first-order valence-electron chi connectivity index (χ1n) is 8.78. The molecule has 0 saturated carbocycles. The highest BCUT2D eigenvalue weighted by molar-refractivity contribution is 7.90. The Balaban J connectivity index is 1.76. The number of carbonyl (C=O) groups excluding carboxylic acids is 2. The van der Waals surface area contributed by atoms with Crippen molar-refractivity contribution in [2.24, 2.45) is 9.04 Å². The van der Waals surface area contributed by atoms with E-state index in [0.717, 1.165) is 24.3 Å². The number of hydrogen-bond donors (Lipinski definition) is 2. The van der Waals surface area contributed by atoms with Crippen molar-refractivity contribution < 1.29 is 35.9 Å². The van der Waals surface area contributed by atoms with Gasteiger partial charge >= 0.3 is 12.2 Å². The number of hydrogen-bond acceptors (Lipinski definition) is 8. The molecule has 2 aromatic rings. The van der Waals surface area contributed by atoms with Crippen molar-refractivity contribution in [2.45, 2.75) is 9.79 Å². The van der Waals surface area contributed by atoms with E-state index in [1.165, 1.54) is 24.3 Å². The Labute approximate surface area is 191 Å². The highest BCUT2D eigenvalue weighted by atomic mass is 32.2. The van der Waals surface area contributed by atoms with Gasteiger partial charge in [-0.3, -0.25) is 10.6 Å². The number of nitrogens with zero attached hydrogens (tertiary/aromatic N) is 6. The molecule has 178 valence electrons. The Hall–Kier alpha value is -4.50. The van der Waals surface area contributed by atoms with E-state index in [2.05, 4.69) is 29.5 Å². The lowest BCUT2D eigenvalue weighted by Crippen LogP contribution is -2.20. The van der Waals surface area contributed by atoms with Crippen molar-refractivity contribution in [1.82, 2.24) is 0 Å². The van der Waals surface area contributed by atoms with Crippen molar-refractivity contribution >= 4 is 43.6 Å². The molecule has 0 spiro atoms. The van der Waals surface area contributed by atoms with E-state index in [-0.39, 0.29) is 34.4 Å². The molecule has 0 saturated heterocycles. The standard InChI is InChI=1S/C16H14N8O8S2/c17-21-23-33(27,28)13-5-1-11(2-6-13)19-15(25)31-9-10-32-16(26)20-12-3-7-14(8-4-12)34(29,30)24-22-18/h1-8H,9-10H2,(H,19,25)(H,20,26). The number of benzene rings is 2. The summed E-state index contributed by atoms with van der Waals surface area (Å²) < 4.78 is 61.3. The van der Waals surface area contributed by atoms with Crippen molar-refractivity contribution in [2.75, 3.05) is 23.8 Å². The van der Waals surface area contributed by atoms with Crippen molar-refractivity contribution in [3.63, 3.8) is 0 Å². The Bertz CT molecular complexity index is 1260. The maximum absolute atomic E-state index is 11.7. The lowest BCUT2D eigenvalue weighted by atomic mass is 10.3. The summed E-state index contributed by atoms with van der Waals surface area (Å²) in [5.41, 5.74) is 16.9. The van der Waals surface area contributed by atoms with Crippen LogP contribution in [0.1, 0.15) is 0 Å². The van der Waals surface area contributed by atoms with Gasteiger partial charge in [0.25, 0.3) is 20.0 Å². The van der Waals surface area contributed by atoms with Gasteiger partial charge in [0.15, 0.2) is 0 Å². The molecule has 0 aliphatic rings. The second kappa shape index (κ2) is 11.4. The molecule has 0 aliphatic carbocycles. The van der Waals surface area contributed by atoms with E-state index in [1.807, 2.05) is 0 Å². The number of rotatable bonds is 9. The van der Waals surface area contributed by atoms with Crippen molar-refractivity contribution in [1.29, 1.82) is 0 Å². The number of carbonyl (C=O) groups is 2. The van der Waals surface area contributed by atoms with Crippen LogP contribution in [-0.4, -0.2) is 42.2 Å². The molecule has 18 heteroatoms. The smallest absolute Gasteiger partial charge is 0.411 e. The van der Waals surface area contributed by atoms with Crippen LogP contribution in [0.3, 0.4) is 0 Å². The van der Waals surface area contributed by atoms with Crippen molar-refractivity contribution in [3.05, 3.63) is 69.4 Å². The molecule has 34 heavy (non-hydrogen) atoms. The van der Waals surface area contributed by atoms with Gasteiger partial charge < -0.3 is 9.47 Å². The second-order valence-electron chi connectivity index (χ2n) is 5.86. The predicted molar refractivity (Wildman–Crippen MR) is 115 cm³/mol. The van der Waals surface area contributed by atoms with Gasteiger partial charge in [-0.25, -0.2) is 26.4 Å². The zero-order chi connectivity index (χ0) is 25.2. The molecule has 2 amide bonds. The molecule has 0 bridgehead atoms. The van der Waals surface area contributed by atoms with Crippen LogP contribution in [0.5, 0.6) is 0 Å². The molecule has 2 N–H and O–H groups in total. The first kappa shape index (κ1) is 25.8. The second-order valence-corrected chi connectivity index (χ2v) is 9.03. The summed E-state index contributed by atoms with van der Waals surface area (Å²) >= 11 is 0. The van der Waals surface area contributed by atoms with E-state index >= 15 is 0 Å². The Morgan fingerprint density at radius 1 is 0.706 bits per heavy atom. The molecule has 0 fully saturated rings. The highest BCUT2D eigenvalue weighted by Crippen LogP contribution is 2.17. The molecule has 16 nitrogen and oxygen atoms in total. The SMILES string of the molecule is [N-]=[N+]=NS(=O)(=O)c1ccc(NC(=O)OCCOC(=O)Nc2ccc(S(=O)(=O)N=[N+]=[N-])cc2)cc1. The van der Waals surface area contributed by atoms with Crippen LogP contribution in [0.15, 0.2) is 67.4 Å². The average molecular weight is 510 g/mol. The maximum atomic E-state index is 11.7. The fourth-order valence-corrected chi connectivity index (χ4v) is 3.53. The molecule has 0 radical (unpaired) electrons. The summed E-state index contributed by atoms with van der Waals surface area (Å²) in [5, 5.41) is 4.62. The maximum Gasteiger partial charge on any atom is 0.411 e. The van der Waals surface area contributed by atoms with Gasteiger partial charge in [0.2, 0.25) is 0 Å². The molecule has 0 aliphatic heterocycles. The molecule has 0 aromatic heterocycles. The van der Waals surface area contributed by atoms with Crippen LogP contribution >= 0.6 is 0 Å². The molecular weight excluding hydrogens is 496 g/mol. The minimum Gasteiger partial charge on any atom is -0.446 e. The van der Waals surface area contributed by atoms with Gasteiger partial charge in [-0.1, -0.05) is 0 Å². The lowest BCUT2D eigenvalue weighted by molar-refractivity contribution is 0.110. The number of ether oxygens (including phenoxy) is 2. The molecular formula is C16H14N8O8S2. The zero-order valence-corrected chi connectivity index (χ0v) is 18.4. The van der Waals surface area contributed by atoms with E-state index in [9.17, 15) is 26.4 Å². The Morgan fingerprint density at radius 3 is 1.32 bits per heavy atom. The summed E-state index contributed by atoms with van der Waals surface area (Å²) in [4.78, 5) is 27.4. The predicted octanol–water partition coefficient (Wildman–Crippen LogP) is 3.48. The number of azide groups is 2. The third-order valence-electron chi connectivity index (χ3n) is 3.63. The van der Waals surface area contributed by atoms with E-state index in [0.29, 0.717) is 0 Å². The van der Waals surface area contributed by atoms with Crippen LogP contribution in [0.2, 0.25) is 0 Å². The van der Waals surface area contributed by atoms with Crippen LogP contribution in [-0.2, 0) is 29.5 Å². The molecule has 0 heterocycles. The Morgan fingerprint density at radius 2 is 1.03 bits per heavy atom. The lowest BCUT2D eigenvalue weighted by Gasteiger charge is -2.09. The topological polar surface area (TPSA) is 242 Å². The largest absolute Gasteiger partial charge is 0.446 e. The minimum atomic E-state index is -4.15. The molecule has 2 rings (SSSR count). The number of anilines is 2. The van der Waals surface area contributed by atoms with Crippen LogP contribution < -0.4 is 10.6 Å². The molecule has 2 aromatic carbocycles. The van der Waals surface area contributed by atoms with Gasteiger partial charge in [-0.05, 0) is 59.6 Å². The summed E-state index contributed by atoms with van der Waals surface area (Å²) in [6.45, 7) is -0.627.